The fourth-order valence-corrected chi connectivity index (χ4v) is 2.55. The van der Waals surface area contributed by atoms with E-state index in [4.69, 9.17) is 0 Å². The number of nitrogens with one attached hydrogen (secondary N) is 1. The molecule has 0 aliphatic rings. The van der Waals surface area contributed by atoms with E-state index in [1.165, 1.54) is 0 Å². The summed E-state index contributed by atoms with van der Waals surface area (Å²) in [5.74, 6) is 1.21. The maximum atomic E-state index is 10.0. The molecule has 1 aromatic carbocycles. The second-order valence-corrected chi connectivity index (χ2v) is 5.49. The van der Waals surface area contributed by atoms with Crippen LogP contribution in [0.25, 0.3) is 0 Å². The average molecular weight is 339 g/mol. The Morgan fingerprint density at radius 1 is 1.40 bits per heavy atom. The molecule has 0 amide bonds. The van der Waals surface area contributed by atoms with Crippen molar-refractivity contribution in [3.8, 4) is 5.75 Å². The zero-order chi connectivity index (χ0) is 14.5. The summed E-state index contributed by atoms with van der Waals surface area (Å²) in [6.45, 7) is 5.62. The maximum Gasteiger partial charge on any atom is 0.146 e. The van der Waals surface area contributed by atoms with Crippen LogP contribution in [0.2, 0.25) is 0 Å². The van der Waals surface area contributed by atoms with Crippen molar-refractivity contribution in [2.45, 2.75) is 39.4 Å². The molecule has 0 radical (unpaired) electrons. The molecule has 1 atom stereocenters. The topological polar surface area (TPSA) is 63.0 Å². The van der Waals surface area contributed by atoms with Crippen molar-refractivity contribution in [3.05, 3.63) is 40.4 Å². The van der Waals surface area contributed by atoms with Gasteiger partial charge in [0.05, 0.1) is 6.54 Å². The minimum Gasteiger partial charge on any atom is -0.508 e. The molecule has 0 spiro atoms. The van der Waals surface area contributed by atoms with E-state index in [1.807, 2.05) is 16.7 Å². The first-order valence-electron chi connectivity index (χ1n) is 6.74. The number of hydrogen-bond donors (Lipinski definition) is 2. The summed E-state index contributed by atoms with van der Waals surface area (Å²) < 4.78 is 2.96. The van der Waals surface area contributed by atoms with Gasteiger partial charge in [-0.1, -0.05) is 22.9 Å². The Bertz CT molecular complexity index is 570. The molecule has 0 bridgehead atoms. The molecule has 1 heterocycles. The lowest BCUT2D eigenvalue weighted by atomic mass is 10.0. The molecule has 0 saturated heterocycles. The maximum absolute atomic E-state index is 10.0. The second kappa shape index (κ2) is 6.85. The summed E-state index contributed by atoms with van der Waals surface area (Å²) in [6, 6.07) is 5.56. The van der Waals surface area contributed by atoms with Crippen molar-refractivity contribution in [1.29, 1.82) is 0 Å². The van der Waals surface area contributed by atoms with Gasteiger partial charge in [0.1, 0.15) is 17.9 Å². The lowest BCUT2D eigenvalue weighted by Crippen LogP contribution is -2.22. The average Bonchev–Trinajstić information content (AvgIpc) is 2.90. The Morgan fingerprint density at radius 2 is 2.20 bits per heavy atom. The van der Waals surface area contributed by atoms with E-state index in [9.17, 15) is 5.11 Å². The highest BCUT2D eigenvalue weighted by Crippen LogP contribution is 2.29. The largest absolute Gasteiger partial charge is 0.508 e. The van der Waals surface area contributed by atoms with E-state index in [-0.39, 0.29) is 6.04 Å². The summed E-state index contributed by atoms with van der Waals surface area (Å²) >= 11 is 3.44. The molecule has 0 aliphatic carbocycles. The van der Waals surface area contributed by atoms with Gasteiger partial charge in [0, 0.05) is 22.6 Å². The molecular formula is C14H19BrN4O. The van der Waals surface area contributed by atoms with Crippen LogP contribution >= 0.6 is 15.9 Å². The van der Waals surface area contributed by atoms with Crippen LogP contribution < -0.4 is 5.32 Å². The summed E-state index contributed by atoms with van der Waals surface area (Å²) in [5.41, 5.74) is 0.893. The van der Waals surface area contributed by atoms with Crippen LogP contribution in [-0.2, 0) is 13.1 Å². The van der Waals surface area contributed by atoms with Gasteiger partial charge in [-0.25, -0.2) is 0 Å². The molecule has 0 fully saturated rings. The van der Waals surface area contributed by atoms with Crippen LogP contribution in [0.1, 0.15) is 37.7 Å². The normalized spacial score (nSPS) is 12.6. The molecule has 5 nitrogen and oxygen atoms in total. The second-order valence-electron chi connectivity index (χ2n) is 4.58. The zero-order valence-corrected chi connectivity index (χ0v) is 13.3. The minimum atomic E-state index is 0.0782. The zero-order valence-electron chi connectivity index (χ0n) is 11.7. The highest BCUT2D eigenvalue weighted by molar-refractivity contribution is 9.10. The highest BCUT2D eigenvalue weighted by atomic mass is 79.9. The molecule has 2 aromatic rings. The van der Waals surface area contributed by atoms with Gasteiger partial charge in [-0.15, -0.1) is 10.2 Å². The van der Waals surface area contributed by atoms with E-state index in [2.05, 4.69) is 45.3 Å². The number of aromatic nitrogens is 3. The van der Waals surface area contributed by atoms with Crippen molar-refractivity contribution in [1.82, 2.24) is 20.1 Å². The Morgan fingerprint density at radius 3 is 2.90 bits per heavy atom. The van der Waals surface area contributed by atoms with Crippen molar-refractivity contribution in [2.75, 3.05) is 0 Å². The summed E-state index contributed by atoms with van der Waals surface area (Å²) in [7, 11) is 0. The summed E-state index contributed by atoms with van der Waals surface area (Å²) in [6.07, 6.45) is 2.61. The van der Waals surface area contributed by atoms with Crippen molar-refractivity contribution >= 4 is 15.9 Å². The van der Waals surface area contributed by atoms with Crippen LogP contribution in [0.4, 0.5) is 0 Å². The van der Waals surface area contributed by atoms with Gasteiger partial charge in [-0.2, -0.15) is 0 Å². The third-order valence-corrected chi connectivity index (χ3v) is 3.81. The van der Waals surface area contributed by atoms with Gasteiger partial charge in [-0.05, 0) is 31.5 Å². The Labute approximate surface area is 127 Å². The third kappa shape index (κ3) is 3.37. The minimum absolute atomic E-state index is 0.0782. The van der Waals surface area contributed by atoms with Gasteiger partial charge >= 0.3 is 0 Å². The lowest BCUT2D eigenvalue weighted by Gasteiger charge is -2.18. The Balaban J connectivity index is 2.11. The van der Waals surface area contributed by atoms with Gasteiger partial charge in [0.2, 0.25) is 0 Å². The fourth-order valence-electron chi connectivity index (χ4n) is 2.17. The van der Waals surface area contributed by atoms with Crippen molar-refractivity contribution < 1.29 is 5.11 Å². The van der Waals surface area contributed by atoms with E-state index in [0.29, 0.717) is 12.3 Å². The van der Waals surface area contributed by atoms with Gasteiger partial charge < -0.3 is 15.0 Å². The highest BCUT2D eigenvalue weighted by Gasteiger charge is 2.14. The van der Waals surface area contributed by atoms with Crippen LogP contribution in [-0.4, -0.2) is 19.9 Å². The van der Waals surface area contributed by atoms with Crippen LogP contribution in [0.5, 0.6) is 5.75 Å². The third-order valence-electron chi connectivity index (χ3n) is 3.32. The molecule has 20 heavy (non-hydrogen) atoms. The molecule has 108 valence electrons. The fraction of sp³-hybridized carbons (Fsp3) is 0.429. The molecule has 0 aliphatic heterocycles. The molecule has 2 rings (SSSR count). The molecule has 6 heteroatoms. The Hall–Kier alpha value is -1.40. The number of benzene rings is 1. The quantitative estimate of drug-likeness (QED) is 0.849. The first-order chi connectivity index (χ1) is 9.65. The van der Waals surface area contributed by atoms with Crippen LogP contribution in [0.15, 0.2) is 29.0 Å². The van der Waals surface area contributed by atoms with E-state index < -0.39 is 0 Å². The molecule has 1 unspecified atom stereocenters. The first-order valence-corrected chi connectivity index (χ1v) is 7.53. The van der Waals surface area contributed by atoms with Crippen molar-refractivity contribution in [2.24, 2.45) is 0 Å². The predicted octanol–water partition coefficient (Wildman–Crippen LogP) is 3.01. The lowest BCUT2D eigenvalue weighted by molar-refractivity contribution is 0.436. The number of phenols is 1. The summed E-state index contributed by atoms with van der Waals surface area (Å²) in [4.78, 5) is 0. The number of aryl methyl sites for hydroxylation is 1. The Kier molecular flexibility index (Phi) is 5.14. The van der Waals surface area contributed by atoms with Crippen LogP contribution in [0, 0.1) is 0 Å². The van der Waals surface area contributed by atoms with E-state index >= 15 is 0 Å². The number of rotatable bonds is 6. The SMILES string of the molecule is CCC(NCc1nncn1CC)c1cc(Br)ccc1O. The smallest absolute Gasteiger partial charge is 0.146 e. The monoisotopic (exact) mass is 338 g/mol. The van der Waals surface area contributed by atoms with Gasteiger partial charge in [0.25, 0.3) is 0 Å². The first kappa shape index (κ1) is 15.0. The number of aromatic hydroxyl groups is 1. The predicted molar refractivity (Wildman–Crippen MR) is 81.4 cm³/mol. The number of halogens is 1. The number of phenolic OH excluding ortho intramolecular Hbond substituents is 1. The summed E-state index contributed by atoms with van der Waals surface area (Å²) in [5, 5.41) is 21.5. The molecular weight excluding hydrogens is 320 g/mol. The van der Waals surface area contributed by atoms with E-state index in [0.717, 1.165) is 28.8 Å². The number of hydrogen-bond acceptors (Lipinski definition) is 4. The molecule has 2 N–H and O–H groups in total. The van der Waals surface area contributed by atoms with Gasteiger partial charge in [0.15, 0.2) is 0 Å². The van der Waals surface area contributed by atoms with Gasteiger partial charge in [-0.3, -0.25) is 0 Å². The van der Waals surface area contributed by atoms with Crippen molar-refractivity contribution in [3.63, 3.8) is 0 Å². The standard InChI is InChI=1S/C14H19BrN4O/c1-3-12(11-7-10(15)5-6-13(11)20)16-8-14-18-17-9-19(14)4-2/h5-7,9,12,16,20H,3-4,8H2,1-2H3. The van der Waals surface area contributed by atoms with E-state index in [1.54, 1.807) is 12.4 Å². The number of nitrogens with zero attached hydrogens (tertiary/aromatic N) is 3. The van der Waals surface area contributed by atoms with Crippen LogP contribution in [0.3, 0.4) is 0 Å². The molecule has 1 aromatic heterocycles. The molecule has 0 saturated carbocycles.